The molecule has 0 radical (unpaired) electrons. The molecule has 2 aromatic heterocycles. The maximum Gasteiger partial charge on any atom is 0.433 e. The Morgan fingerprint density at radius 2 is 1.95 bits per heavy atom. The van der Waals surface area contributed by atoms with E-state index in [0.717, 1.165) is 12.3 Å². The van der Waals surface area contributed by atoms with E-state index >= 15 is 0 Å². The Labute approximate surface area is 114 Å². The van der Waals surface area contributed by atoms with Gasteiger partial charge in [0.15, 0.2) is 0 Å². The van der Waals surface area contributed by atoms with Gasteiger partial charge < -0.3 is 11.1 Å². The molecule has 0 aromatic carbocycles. The molecule has 0 saturated heterocycles. The first-order valence-corrected chi connectivity index (χ1v) is 5.74. The van der Waals surface area contributed by atoms with Crippen LogP contribution in [0, 0.1) is 0 Å². The molecule has 5 nitrogen and oxygen atoms in total. The maximum atomic E-state index is 12.3. The van der Waals surface area contributed by atoms with Crippen molar-refractivity contribution in [2.45, 2.75) is 6.18 Å². The molecule has 0 bridgehead atoms. The van der Waals surface area contributed by atoms with Crippen LogP contribution in [0.5, 0.6) is 0 Å². The number of rotatable bonds is 2. The fraction of sp³-hybridized carbons (Fsp3) is 0.100. The van der Waals surface area contributed by atoms with Crippen LogP contribution in [-0.4, -0.2) is 15.0 Å². The fourth-order valence-electron chi connectivity index (χ4n) is 1.26. The molecule has 0 spiro atoms. The molecule has 3 N–H and O–H groups in total. The number of hydrogen-bond acceptors (Lipinski definition) is 5. The minimum atomic E-state index is -4.46. The lowest BCUT2D eigenvalue weighted by Crippen LogP contribution is -2.08. The van der Waals surface area contributed by atoms with Crippen molar-refractivity contribution >= 4 is 33.4 Å². The third-order valence-corrected chi connectivity index (χ3v) is 2.43. The first-order chi connectivity index (χ1) is 8.84. The number of nitrogens with zero attached hydrogens (tertiary/aromatic N) is 3. The van der Waals surface area contributed by atoms with Gasteiger partial charge in [0.2, 0.25) is 5.95 Å². The molecule has 19 heavy (non-hydrogen) atoms. The van der Waals surface area contributed by atoms with E-state index < -0.39 is 11.9 Å². The van der Waals surface area contributed by atoms with Gasteiger partial charge in [0.05, 0.1) is 11.9 Å². The Bertz CT molecular complexity index is 564. The Morgan fingerprint density at radius 3 is 2.47 bits per heavy atom. The molecule has 9 heteroatoms. The second kappa shape index (κ2) is 5.00. The molecule has 0 aliphatic rings. The van der Waals surface area contributed by atoms with E-state index in [9.17, 15) is 13.2 Å². The van der Waals surface area contributed by atoms with E-state index in [-0.39, 0.29) is 11.8 Å². The molecular weight excluding hydrogens is 327 g/mol. The molecule has 2 heterocycles. The lowest BCUT2D eigenvalue weighted by molar-refractivity contribution is -0.141. The molecule has 0 aliphatic carbocycles. The maximum absolute atomic E-state index is 12.3. The third-order valence-electron chi connectivity index (χ3n) is 2.02. The third kappa shape index (κ3) is 3.53. The van der Waals surface area contributed by atoms with Crippen LogP contribution in [0.4, 0.5) is 30.6 Å². The molecule has 0 fully saturated rings. The van der Waals surface area contributed by atoms with Crippen LogP contribution in [0.25, 0.3) is 0 Å². The van der Waals surface area contributed by atoms with E-state index in [1.165, 1.54) is 12.1 Å². The van der Waals surface area contributed by atoms with Crippen LogP contribution in [0.1, 0.15) is 5.69 Å². The van der Waals surface area contributed by atoms with Crippen LogP contribution in [-0.2, 0) is 6.18 Å². The normalized spacial score (nSPS) is 11.4. The number of nitrogens with two attached hydrogens (primary N) is 1. The Morgan fingerprint density at radius 1 is 1.21 bits per heavy atom. The number of alkyl halides is 3. The fourth-order valence-corrected chi connectivity index (χ4v) is 1.66. The van der Waals surface area contributed by atoms with E-state index in [0.29, 0.717) is 10.3 Å². The summed E-state index contributed by atoms with van der Waals surface area (Å²) in [5.41, 5.74) is 4.87. The van der Waals surface area contributed by atoms with E-state index in [1.54, 1.807) is 0 Å². The smallest absolute Gasteiger partial charge is 0.383 e. The largest absolute Gasteiger partial charge is 0.433 e. The van der Waals surface area contributed by atoms with Crippen molar-refractivity contribution in [3.8, 4) is 0 Å². The lowest BCUT2D eigenvalue weighted by atomic mass is 10.3. The molecule has 0 atom stereocenters. The van der Waals surface area contributed by atoms with Gasteiger partial charge in [-0.3, -0.25) is 0 Å². The summed E-state index contributed by atoms with van der Waals surface area (Å²) in [6, 6.07) is 3.59. The van der Waals surface area contributed by atoms with Gasteiger partial charge >= 0.3 is 6.18 Å². The van der Waals surface area contributed by atoms with Gasteiger partial charge in [-0.15, -0.1) is 0 Å². The number of nitrogen functional groups attached to an aromatic ring is 1. The SMILES string of the molecule is Nc1cc(Br)nc(Nc2ccc(C(F)(F)F)nc2)n1. The molecule has 0 unspecified atom stereocenters. The number of pyridine rings is 1. The summed E-state index contributed by atoms with van der Waals surface area (Å²) in [4.78, 5) is 11.1. The molecule has 100 valence electrons. The average Bonchev–Trinajstić information content (AvgIpc) is 2.26. The predicted molar refractivity (Wildman–Crippen MR) is 66.7 cm³/mol. The molecule has 2 aromatic rings. The van der Waals surface area contributed by atoms with E-state index in [4.69, 9.17) is 5.73 Å². The van der Waals surface area contributed by atoms with Crippen LogP contribution in [0.3, 0.4) is 0 Å². The minimum absolute atomic E-state index is 0.161. The zero-order valence-corrected chi connectivity index (χ0v) is 10.8. The zero-order chi connectivity index (χ0) is 14.0. The van der Waals surface area contributed by atoms with Gasteiger partial charge in [0, 0.05) is 6.07 Å². The van der Waals surface area contributed by atoms with Crippen molar-refractivity contribution in [3.05, 3.63) is 34.7 Å². The van der Waals surface area contributed by atoms with Crippen LogP contribution in [0.15, 0.2) is 29.0 Å². The summed E-state index contributed by atoms with van der Waals surface area (Å²) in [5.74, 6) is 0.387. The molecular formula is C10H7BrF3N5. The Balaban J connectivity index is 2.20. The first-order valence-electron chi connectivity index (χ1n) is 4.95. The first kappa shape index (κ1) is 13.5. The molecule has 0 amide bonds. The zero-order valence-electron chi connectivity index (χ0n) is 9.24. The quantitative estimate of drug-likeness (QED) is 0.826. The standard InChI is InChI=1S/C10H7BrF3N5/c11-7-3-8(15)19-9(18-7)17-5-1-2-6(16-4-5)10(12,13)14/h1-4H,(H3,15,17,18,19). The second-order valence-electron chi connectivity index (χ2n) is 3.49. The van der Waals surface area contributed by atoms with Crippen LogP contribution < -0.4 is 11.1 Å². The Kier molecular flexibility index (Phi) is 3.56. The highest BCUT2D eigenvalue weighted by atomic mass is 79.9. The number of hydrogen-bond donors (Lipinski definition) is 2. The highest BCUT2D eigenvalue weighted by Crippen LogP contribution is 2.28. The number of aromatic nitrogens is 3. The monoisotopic (exact) mass is 333 g/mol. The number of anilines is 3. The van der Waals surface area contributed by atoms with E-state index in [1.807, 2.05) is 0 Å². The van der Waals surface area contributed by atoms with Gasteiger partial charge in [-0.1, -0.05) is 0 Å². The van der Waals surface area contributed by atoms with Crippen LogP contribution in [0.2, 0.25) is 0 Å². The topological polar surface area (TPSA) is 76.7 Å². The number of halogens is 4. The van der Waals surface area contributed by atoms with Crippen molar-refractivity contribution < 1.29 is 13.2 Å². The van der Waals surface area contributed by atoms with Gasteiger partial charge in [-0.05, 0) is 28.1 Å². The molecule has 0 aliphatic heterocycles. The van der Waals surface area contributed by atoms with E-state index in [2.05, 4.69) is 36.2 Å². The summed E-state index contributed by atoms with van der Waals surface area (Å²) in [6.07, 6.45) is -3.42. The lowest BCUT2D eigenvalue weighted by Gasteiger charge is -2.08. The van der Waals surface area contributed by atoms with Gasteiger partial charge in [0.25, 0.3) is 0 Å². The highest BCUT2D eigenvalue weighted by Gasteiger charge is 2.32. The molecule has 0 saturated carbocycles. The van der Waals surface area contributed by atoms with Crippen molar-refractivity contribution in [2.24, 2.45) is 0 Å². The van der Waals surface area contributed by atoms with Crippen molar-refractivity contribution in [2.75, 3.05) is 11.1 Å². The van der Waals surface area contributed by atoms with Crippen molar-refractivity contribution in [3.63, 3.8) is 0 Å². The minimum Gasteiger partial charge on any atom is -0.383 e. The summed E-state index contributed by atoms with van der Waals surface area (Å²) < 4.78 is 37.4. The summed E-state index contributed by atoms with van der Waals surface area (Å²) in [5, 5.41) is 2.70. The highest BCUT2D eigenvalue weighted by molar-refractivity contribution is 9.10. The Hall–Kier alpha value is -1.90. The van der Waals surface area contributed by atoms with Crippen molar-refractivity contribution in [1.82, 2.24) is 15.0 Å². The summed E-state index contributed by atoms with van der Waals surface area (Å²) in [6.45, 7) is 0. The van der Waals surface area contributed by atoms with Gasteiger partial charge in [-0.2, -0.15) is 18.2 Å². The average molecular weight is 334 g/mol. The van der Waals surface area contributed by atoms with Gasteiger partial charge in [0.1, 0.15) is 16.1 Å². The summed E-state index contributed by atoms with van der Waals surface area (Å²) in [7, 11) is 0. The second-order valence-corrected chi connectivity index (χ2v) is 4.31. The molecule has 2 rings (SSSR count). The predicted octanol–water partition coefficient (Wildman–Crippen LogP) is 2.98. The summed E-state index contributed by atoms with van der Waals surface area (Å²) >= 11 is 3.13. The van der Waals surface area contributed by atoms with Crippen LogP contribution >= 0.6 is 15.9 Å². The number of nitrogens with one attached hydrogen (secondary N) is 1. The van der Waals surface area contributed by atoms with Crippen molar-refractivity contribution in [1.29, 1.82) is 0 Å². The van der Waals surface area contributed by atoms with Gasteiger partial charge in [-0.25, -0.2) is 9.97 Å².